The minimum absolute atomic E-state index is 0.149. The molecule has 1 aromatic heterocycles. The Morgan fingerprint density at radius 2 is 1.64 bits per heavy atom. The Hall–Kier alpha value is -1.37. The molecule has 0 saturated heterocycles. The number of nitrogens with zero attached hydrogens (tertiary/aromatic N) is 1. The Morgan fingerprint density at radius 3 is 2.09 bits per heavy atom. The quantitative estimate of drug-likeness (QED) is 0.647. The predicted molar refractivity (Wildman–Crippen MR) is 92.9 cm³/mol. The molecular weight excluding hydrogens is 414 g/mol. The summed E-state index contributed by atoms with van der Waals surface area (Å²) in [5, 5.41) is 12.1. The van der Waals surface area contributed by atoms with Gasteiger partial charge in [0.25, 0.3) is 0 Å². The van der Waals surface area contributed by atoms with Crippen LogP contribution in [0.5, 0.6) is 0 Å². The molecule has 1 heterocycles. The number of hydrogen-bond acceptors (Lipinski definition) is 3. The van der Waals surface area contributed by atoms with E-state index in [0.29, 0.717) is 0 Å². The van der Waals surface area contributed by atoms with Crippen LogP contribution in [0.3, 0.4) is 0 Å². The van der Waals surface area contributed by atoms with E-state index in [2.05, 4.69) is 36.6 Å². The third kappa shape index (κ3) is 2.66. The molecule has 3 rings (SSSR count). The topological polar surface area (TPSA) is 51.5 Å². The van der Waals surface area contributed by atoms with Gasteiger partial charge in [-0.2, -0.15) is 0 Å². The highest BCUT2D eigenvalue weighted by molar-refractivity contribution is 9.10. The number of aliphatic hydroxyl groups is 1. The van der Waals surface area contributed by atoms with Gasteiger partial charge in [-0.15, -0.1) is 0 Å². The van der Waals surface area contributed by atoms with Gasteiger partial charge in [-0.1, -0.05) is 31.9 Å². The molecule has 114 valence electrons. The number of aliphatic hydroxyl groups excluding tert-OH is 1. The van der Waals surface area contributed by atoms with Crippen molar-refractivity contribution in [3.05, 3.63) is 45.3 Å². The van der Waals surface area contributed by atoms with E-state index in [9.17, 15) is 9.90 Å². The molecule has 6 heteroatoms. The Bertz CT molecular complexity index is 813. The van der Waals surface area contributed by atoms with Gasteiger partial charge in [-0.05, 0) is 36.4 Å². The Balaban J connectivity index is 2.24. The highest BCUT2D eigenvalue weighted by atomic mass is 79.9. The maximum Gasteiger partial charge on any atom is 0.336 e. The Kier molecular flexibility index (Phi) is 4.25. The van der Waals surface area contributed by atoms with Gasteiger partial charge in [0.15, 0.2) is 6.10 Å². The third-order valence-electron chi connectivity index (χ3n) is 3.62. The van der Waals surface area contributed by atoms with Crippen molar-refractivity contribution in [2.45, 2.75) is 12.6 Å². The number of ether oxygens (including phenoxy) is 1. The van der Waals surface area contributed by atoms with Gasteiger partial charge in [0.2, 0.25) is 0 Å². The molecule has 22 heavy (non-hydrogen) atoms. The van der Waals surface area contributed by atoms with Crippen LogP contribution < -0.4 is 0 Å². The highest BCUT2D eigenvalue weighted by Crippen LogP contribution is 2.33. The van der Waals surface area contributed by atoms with E-state index in [1.807, 2.05) is 41.0 Å². The monoisotopic (exact) mass is 425 g/mol. The van der Waals surface area contributed by atoms with E-state index in [1.165, 1.54) is 7.11 Å². The second-order valence-corrected chi connectivity index (χ2v) is 6.80. The van der Waals surface area contributed by atoms with Gasteiger partial charge < -0.3 is 14.4 Å². The molecule has 3 aromatic rings. The van der Waals surface area contributed by atoms with Crippen LogP contribution in [0, 0.1) is 0 Å². The first-order valence-electron chi connectivity index (χ1n) is 6.64. The summed E-state index contributed by atoms with van der Waals surface area (Å²) < 4.78 is 8.50. The molecule has 1 N–H and O–H groups in total. The van der Waals surface area contributed by atoms with E-state index in [1.54, 1.807) is 0 Å². The number of benzene rings is 2. The maximum absolute atomic E-state index is 11.5. The summed E-state index contributed by atoms with van der Waals surface area (Å²) in [5.74, 6) is -0.635. The van der Waals surface area contributed by atoms with Crippen LogP contribution in [0.2, 0.25) is 0 Å². The molecule has 4 nitrogen and oxygen atoms in total. The largest absolute Gasteiger partial charge is 0.467 e. The lowest BCUT2D eigenvalue weighted by Crippen LogP contribution is -2.26. The lowest BCUT2D eigenvalue weighted by Gasteiger charge is -2.12. The summed E-state index contributed by atoms with van der Waals surface area (Å²) in [6, 6.07) is 11.9. The number of halogens is 2. The van der Waals surface area contributed by atoms with E-state index >= 15 is 0 Å². The molecular formula is C16H13Br2NO3. The number of aromatic nitrogens is 1. The number of hydrogen-bond donors (Lipinski definition) is 1. The van der Waals surface area contributed by atoms with Crippen molar-refractivity contribution >= 4 is 59.6 Å². The van der Waals surface area contributed by atoms with Gasteiger partial charge in [-0.3, -0.25) is 0 Å². The molecule has 0 spiro atoms. The van der Waals surface area contributed by atoms with E-state index in [-0.39, 0.29) is 6.54 Å². The molecule has 1 atom stereocenters. The van der Waals surface area contributed by atoms with Crippen molar-refractivity contribution in [3.8, 4) is 0 Å². The van der Waals surface area contributed by atoms with Gasteiger partial charge in [0.05, 0.1) is 13.7 Å². The third-order valence-corrected chi connectivity index (χ3v) is 4.60. The fourth-order valence-electron chi connectivity index (χ4n) is 2.63. The van der Waals surface area contributed by atoms with Crippen LogP contribution in [0.4, 0.5) is 0 Å². The van der Waals surface area contributed by atoms with Crippen molar-refractivity contribution < 1.29 is 14.6 Å². The van der Waals surface area contributed by atoms with Crippen LogP contribution in [0.15, 0.2) is 45.3 Å². The number of rotatable bonds is 3. The van der Waals surface area contributed by atoms with Crippen LogP contribution in [0.1, 0.15) is 0 Å². The zero-order valence-corrected chi connectivity index (χ0v) is 14.9. The first-order chi connectivity index (χ1) is 10.5. The van der Waals surface area contributed by atoms with Crippen molar-refractivity contribution in [2.75, 3.05) is 7.11 Å². The summed E-state index contributed by atoms with van der Waals surface area (Å²) in [4.78, 5) is 11.5. The minimum atomic E-state index is -1.20. The van der Waals surface area contributed by atoms with Crippen molar-refractivity contribution in [1.29, 1.82) is 0 Å². The molecule has 0 amide bonds. The Labute approximate surface area is 143 Å². The summed E-state index contributed by atoms with van der Waals surface area (Å²) >= 11 is 6.97. The van der Waals surface area contributed by atoms with Crippen molar-refractivity contribution in [1.82, 2.24) is 4.57 Å². The predicted octanol–water partition coefficient (Wildman–Crippen LogP) is 3.85. The lowest BCUT2D eigenvalue weighted by atomic mass is 10.2. The van der Waals surface area contributed by atoms with Crippen molar-refractivity contribution in [2.24, 2.45) is 0 Å². The average Bonchev–Trinajstić information content (AvgIpc) is 2.79. The molecule has 0 saturated carbocycles. The molecule has 0 radical (unpaired) electrons. The molecule has 0 bridgehead atoms. The zero-order valence-electron chi connectivity index (χ0n) is 11.7. The number of methoxy groups -OCH3 is 1. The summed E-state index contributed by atoms with van der Waals surface area (Å²) in [5.41, 5.74) is 1.92. The van der Waals surface area contributed by atoms with E-state index in [4.69, 9.17) is 0 Å². The minimum Gasteiger partial charge on any atom is -0.467 e. The van der Waals surface area contributed by atoms with Gasteiger partial charge in [0, 0.05) is 30.8 Å². The van der Waals surface area contributed by atoms with Gasteiger partial charge in [0.1, 0.15) is 0 Å². The van der Waals surface area contributed by atoms with Gasteiger partial charge >= 0.3 is 5.97 Å². The molecule has 0 aliphatic heterocycles. The number of esters is 1. The molecule has 2 aromatic carbocycles. The van der Waals surface area contributed by atoms with E-state index in [0.717, 1.165) is 30.8 Å². The Morgan fingerprint density at radius 1 is 1.14 bits per heavy atom. The molecule has 0 aliphatic rings. The maximum atomic E-state index is 11.5. The molecule has 0 aliphatic carbocycles. The second kappa shape index (κ2) is 6.02. The van der Waals surface area contributed by atoms with Crippen LogP contribution in [-0.4, -0.2) is 28.9 Å². The van der Waals surface area contributed by atoms with Crippen molar-refractivity contribution in [3.63, 3.8) is 0 Å². The SMILES string of the molecule is COC(=O)C(O)Cn1c2ccc(Br)cc2c2cc(Br)ccc21. The van der Waals surface area contributed by atoms with Gasteiger partial charge in [-0.25, -0.2) is 4.79 Å². The highest BCUT2D eigenvalue weighted by Gasteiger charge is 2.19. The summed E-state index contributed by atoms with van der Waals surface area (Å²) in [6.07, 6.45) is -1.20. The first kappa shape index (κ1) is 15.5. The molecule has 1 unspecified atom stereocenters. The fraction of sp³-hybridized carbons (Fsp3) is 0.188. The lowest BCUT2D eigenvalue weighted by molar-refractivity contribution is -0.150. The number of carbonyl (C=O) groups is 1. The van der Waals surface area contributed by atoms with Crippen LogP contribution in [0.25, 0.3) is 21.8 Å². The van der Waals surface area contributed by atoms with Crippen LogP contribution in [-0.2, 0) is 16.1 Å². The first-order valence-corrected chi connectivity index (χ1v) is 8.23. The second-order valence-electron chi connectivity index (χ2n) is 4.97. The van der Waals surface area contributed by atoms with Crippen LogP contribution >= 0.6 is 31.9 Å². The number of carbonyl (C=O) groups excluding carboxylic acids is 1. The average molecular weight is 427 g/mol. The standard InChI is InChI=1S/C16H13Br2NO3/c1-22-16(21)15(20)8-19-13-4-2-9(17)6-11(13)12-7-10(18)3-5-14(12)19/h2-7,15,20H,8H2,1H3. The fourth-order valence-corrected chi connectivity index (χ4v) is 3.35. The molecule has 0 fully saturated rings. The number of fused-ring (bicyclic) bond motifs is 3. The zero-order chi connectivity index (χ0) is 15.9. The smallest absolute Gasteiger partial charge is 0.336 e. The normalized spacial score (nSPS) is 12.7. The summed E-state index contributed by atoms with van der Waals surface area (Å²) in [7, 11) is 1.27. The van der Waals surface area contributed by atoms with E-state index < -0.39 is 12.1 Å². The summed E-state index contributed by atoms with van der Waals surface area (Å²) in [6.45, 7) is 0.149.